The SMILES string of the molecule is C[C@]1(c2ccccc2)C[C@H]1C=O. The van der Waals surface area contributed by atoms with Gasteiger partial charge in [0, 0.05) is 11.3 Å². The zero-order valence-corrected chi connectivity index (χ0v) is 7.16. The molecule has 1 aromatic rings. The molecule has 1 saturated carbocycles. The molecule has 1 fully saturated rings. The Morgan fingerprint density at radius 3 is 2.58 bits per heavy atom. The summed E-state index contributed by atoms with van der Waals surface area (Å²) >= 11 is 0. The average molecular weight is 160 g/mol. The van der Waals surface area contributed by atoms with Crippen molar-refractivity contribution in [3.8, 4) is 0 Å². The molecule has 0 spiro atoms. The minimum atomic E-state index is 0.142. The van der Waals surface area contributed by atoms with E-state index in [-0.39, 0.29) is 11.3 Å². The lowest BCUT2D eigenvalue weighted by Gasteiger charge is -2.08. The van der Waals surface area contributed by atoms with Crippen LogP contribution in [0.2, 0.25) is 0 Å². The fourth-order valence-corrected chi connectivity index (χ4v) is 1.75. The lowest BCUT2D eigenvalue weighted by molar-refractivity contribution is -0.109. The van der Waals surface area contributed by atoms with Gasteiger partial charge in [0.15, 0.2) is 0 Å². The Labute approximate surface area is 72.4 Å². The van der Waals surface area contributed by atoms with Gasteiger partial charge in [-0.3, -0.25) is 0 Å². The van der Waals surface area contributed by atoms with E-state index in [1.165, 1.54) is 5.56 Å². The first-order valence-electron chi connectivity index (χ1n) is 4.28. The highest BCUT2D eigenvalue weighted by Crippen LogP contribution is 2.52. The van der Waals surface area contributed by atoms with E-state index >= 15 is 0 Å². The van der Waals surface area contributed by atoms with Gasteiger partial charge in [-0.2, -0.15) is 0 Å². The zero-order chi connectivity index (χ0) is 8.60. The van der Waals surface area contributed by atoms with Crippen LogP contribution < -0.4 is 0 Å². The number of carbonyl (C=O) groups is 1. The molecule has 0 bridgehead atoms. The number of rotatable bonds is 2. The van der Waals surface area contributed by atoms with Crippen molar-refractivity contribution in [2.75, 3.05) is 0 Å². The molecular formula is C11H12O. The molecule has 0 heterocycles. The van der Waals surface area contributed by atoms with Crippen LogP contribution in [-0.4, -0.2) is 6.29 Å². The van der Waals surface area contributed by atoms with Crippen molar-refractivity contribution in [3.05, 3.63) is 35.9 Å². The average Bonchev–Trinajstić information content (AvgIpc) is 2.81. The maximum Gasteiger partial charge on any atom is 0.123 e. The minimum Gasteiger partial charge on any atom is -0.303 e. The number of hydrogen-bond acceptors (Lipinski definition) is 1. The van der Waals surface area contributed by atoms with Gasteiger partial charge >= 0.3 is 0 Å². The quantitative estimate of drug-likeness (QED) is 0.606. The standard InChI is InChI=1S/C11H12O/c1-11(7-10(11)8-12)9-5-3-2-4-6-9/h2-6,8,10H,7H2,1H3/t10-,11+/m0/s1. The van der Waals surface area contributed by atoms with E-state index in [1.54, 1.807) is 0 Å². The molecule has 12 heavy (non-hydrogen) atoms. The van der Waals surface area contributed by atoms with E-state index in [1.807, 2.05) is 18.2 Å². The molecule has 0 unspecified atom stereocenters. The Bertz CT molecular complexity index is 291. The smallest absolute Gasteiger partial charge is 0.123 e. The number of carbonyl (C=O) groups excluding carboxylic acids is 1. The second-order valence-corrected chi connectivity index (χ2v) is 3.73. The molecule has 62 valence electrons. The summed E-state index contributed by atoms with van der Waals surface area (Å²) in [6.07, 6.45) is 2.09. The summed E-state index contributed by atoms with van der Waals surface area (Å²) in [4.78, 5) is 10.6. The Morgan fingerprint density at radius 1 is 1.42 bits per heavy atom. The Balaban J connectivity index is 2.28. The van der Waals surface area contributed by atoms with Crippen LogP contribution in [-0.2, 0) is 10.2 Å². The van der Waals surface area contributed by atoms with Gasteiger partial charge in [-0.1, -0.05) is 37.3 Å². The Morgan fingerprint density at radius 2 is 2.08 bits per heavy atom. The number of aldehydes is 1. The van der Waals surface area contributed by atoms with Gasteiger partial charge in [-0.25, -0.2) is 0 Å². The molecule has 1 aromatic carbocycles. The van der Waals surface area contributed by atoms with Gasteiger partial charge in [-0.15, -0.1) is 0 Å². The van der Waals surface area contributed by atoms with Gasteiger partial charge < -0.3 is 4.79 Å². The third-order valence-corrected chi connectivity index (χ3v) is 2.90. The van der Waals surface area contributed by atoms with Crippen molar-refractivity contribution in [3.63, 3.8) is 0 Å². The summed E-state index contributed by atoms with van der Waals surface area (Å²) in [6.45, 7) is 2.15. The Hall–Kier alpha value is -1.11. The summed E-state index contributed by atoms with van der Waals surface area (Å²) in [5.74, 6) is 0.250. The summed E-state index contributed by atoms with van der Waals surface area (Å²) in [5.41, 5.74) is 1.44. The van der Waals surface area contributed by atoms with E-state index in [4.69, 9.17) is 0 Å². The molecule has 0 aliphatic heterocycles. The molecule has 1 aliphatic rings. The summed E-state index contributed by atoms with van der Waals surface area (Å²) < 4.78 is 0. The molecule has 2 rings (SSSR count). The lowest BCUT2D eigenvalue weighted by atomic mass is 9.96. The molecule has 0 radical (unpaired) electrons. The topological polar surface area (TPSA) is 17.1 Å². The van der Waals surface area contributed by atoms with Crippen LogP contribution in [0.25, 0.3) is 0 Å². The molecule has 0 amide bonds. The van der Waals surface area contributed by atoms with E-state index in [0.29, 0.717) is 0 Å². The monoisotopic (exact) mass is 160 g/mol. The first-order chi connectivity index (χ1) is 5.77. The zero-order valence-electron chi connectivity index (χ0n) is 7.16. The maximum atomic E-state index is 10.6. The van der Waals surface area contributed by atoms with Crippen LogP contribution in [0, 0.1) is 5.92 Å². The highest BCUT2D eigenvalue weighted by atomic mass is 16.1. The fraction of sp³-hybridized carbons (Fsp3) is 0.364. The Kier molecular flexibility index (Phi) is 1.53. The van der Waals surface area contributed by atoms with Gasteiger partial charge in [0.05, 0.1) is 0 Å². The molecule has 0 aromatic heterocycles. The molecule has 1 nitrogen and oxygen atoms in total. The summed E-state index contributed by atoms with van der Waals surface area (Å²) in [6, 6.07) is 10.3. The van der Waals surface area contributed by atoms with E-state index in [2.05, 4.69) is 19.1 Å². The molecular weight excluding hydrogens is 148 g/mol. The molecule has 0 saturated heterocycles. The van der Waals surface area contributed by atoms with Crippen molar-refractivity contribution in [2.24, 2.45) is 5.92 Å². The lowest BCUT2D eigenvalue weighted by Crippen LogP contribution is -2.04. The van der Waals surface area contributed by atoms with Crippen molar-refractivity contribution in [1.82, 2.24) is 0 Å². The summed E-state index contributed by atoms with van der Waals surface area (Å²) in [5, 5.41) is 0. The second kappa shape index (κ2) is 2.44. The highest BCUT2D eigenvalue weighted by Gasteiger charge is 2.50. The van der Waals surface area contributed by atoms with E-state index in [0.717, 1.165) is 12.7 Å². The van der Waals surface area contributed by atoms with Crippen molar-refractivity contribution in [2.45, 2.75) is 18.8 Å². The largest absolute Gasteiger partial charge is 0.303 e. The maximum absolute atomic E-state index is 10.6. The van der Waals surface area contributed by atoms with Crippen LogP contribution in [0.5, 0.6) is 0 Å². The predicted molar refractivity (Wildman–Crippen MR) is 48.0 cm³/mol. The van der Waals surface area contributed by atoms with Gasteiger partial charge in [0.2, 0.25) is 0 Å². The van der Waals surface area contributed by atoms with Gasteiger partial charge in [-0.05, 0) is 12.0 Å². The number of benzene rings is 1. The summed E-state index contributed by atoms with van der Waals surface area (Å²) in [7, 11) is 0. The highest BCUT2D eigenvalue weighted by molar-refractivity contribution is 5.64. The molecule has 1 heteroatoms. The van der Waals surface area contributed by atoms with Crippen molar-refractivity contribution in [1.29, 1.82) is 0 Å². The van der Waals surface area contributed by atoms with Crippen molar-refractivity contribution < 1.29 is 4.79 Å². The normalized spacial score (nSPS) is 32.9. The predicted octanol–water partition coefficient (Wildman–Crippen LogP) is 2.16. The third-order valence-electron chi connectivity index (χ3n) is 2.90. The van der Waals surface area contributed by atoms with Gasteiger partial charge in [0.1, 0.15) is 6.29 Å². The second-order valence-electron chi connectivity index (χ2n) is 3.73. The fourth-order valence-electron chi connectivity index (χ4n) is 1.75. The first kappa shape index (κ1) is 7.53. The van der Waals surface area contributed by atoms with Crippen LogP contribution in [0.3, 0.4) is 0 Å². The first-order valence-corrected chi connectivity index (χ1v) is 4.28. The number of hydrogen-bond donors (Lipinski definition) is 0. The molecule has 1 aliphatic carbocycles. The van der Waals surface area contributed by atoms with Crippen LogP contribution in [0.15, 0.2) is 30.3 Å². The van der Waals surface area contributed by atoms with Crippen LogP contribution in [0.1, 0.15) is 18.9 Å². The van der Waals surface area contributed by atoms with Crippen LogP contribution in [0.4, 0.5) is 0 Å². The molecule has 0 N–H and O–H groups in total. The van der Waals surface area contributed by atoms with E-state index < -0.39 is 0 Å². The van der Waals surface area contributed by atoms with Crippen molar-refractivity contribution >= 4 is 6.29 Å². The van der Waals surface area contributed by atoms with Crippen LogP contribution >= 0.6 is 0 Å². The van der Waals surface area contributed by atoms with E-state index in [9.17, 15) is 4.79 Å². The third kappa shape index (κ3) is 0.970. The molecule has 2 atom stereocenters. The van der Waals surface area contributed by atoms with Gasteiger partial charge in [0.25, 0.3) is 0 Å². The minimum absolute atomic E-state index is 0.142.